The Morgan fingerprint density at radius 1 is 1.19 bits per heavy atom. The highest BCUT2D eigenvalue weighted by Gasteiger charge is 2.26. The van der Waals surface area contributed by atoms with Crippen LogP contribution >= 0.6 is 11.6 Å². The Morgan fingerprint density at radius 3 is 2.57 bits per heavy atom. The second-order valence-electron chi connectivity index (χ2n) is 5.18. The Kier molecular flexibility index (Phi) is 5.20. The number of aliphatic carboxylic acids is 1. The third kappa shape index (κ3) is 3.74. The lowest BCUT2D eigenvalue weighted by molar-refractivity contribution is -0.142. The zero-order valence-electron chi connectivity index (χ0n) is 12.0. The third-order valence-corrected chi connectivity index (χ3v) is 4.16. The van der Waals surface area contributed by atoms with E-state index < -0.39 is 12.0 Å². The average Bonchev–Trinajstić information content (AvgIpc) is 2.72. The summed E-state index contributed by atoms with van der Waals surface area (Å²) in [7, 11) is 0. The molecule has 114 valence electrons. The molecule has 1 saturated heterocycles. The van der Waals surface area contributed by atoms with Crippen LogP contribution in [0, 0.1) is 0 Å². The number of amides is 1. The molecule has 1 aromatic rings. The summed E-state index contributed by atoms with van der Waals surface area (Å²) in [5.41, 5.74) is 0.499. The summed E-state index contributed by atoms with van der Waals surface area (Å²) in [4.78, 5) is 27.2. The molecule has 21 heavy (non-hydrogen) atoms. The van der Waals surface area contributed by atoms with Crippen LogP contribution in [0.3, 0.4) is 0 Å². The van der Waals surface area contributed by atoms with Gasteiger partial charge in [0.15, 0.2) is 0 Å². The Bertz CT molecular complexity index is 535. The first-order chi connectivity index (χ1) is 10.0. The van der Waals surface area contributed by atoms with Gasteiger partial charge in [0, 0.05) is 26.2 Å². The van der Waals surface area contributed by atoms with E-state index in [1.807, 2.05) is 4.90 Å². The average molecular weight is 311 g/mol. The highest BCUT2D eigenvalue weighted by molar-refractivity contribution is 6.33. The third-order valence-electron chi connectivity index (χ3n) is 3.83. The smallest absolute Gasteiger partial charge is 0.320 e. The summed E-state index contributed by atoms with van der Waals surface area (Å²) < 4.78 is 0. The van der Waals surface area contributed by atoms with Crippen molar-refractivity contribution in [3.05, 3.63) is 34.9 Å². The SMILES string of the molecule is C[C@@H](C(=O)O)N1CCCN(C(=O)c2ccccc2Cl)CC1. The van der Waals surface area contributed by atoms with E-state index in [4.69, 9.17) is 16.7 Å². The molecule has 0 aliphatic carbocycles. The van der Waals surface area contributed by atoms with Gasteiger partial charge in [-0.2, -0.15) is 0 Å². The minimum absolute atomic E-state index is 0.0922. The zero-order valence-corrected chi connectivity index (χ0v) is 12.7. The van der Waals surface area contributed by atoms with Crippen molar-refractivity contribution in [1.29, 1.82) is 0 Å². The normalized spacial score (nSPS) is 18.1. The van der Waals surface area contributed by atoms with Crippen LogP contribution in [0.1, 0.15) is 23.7 Å². The van der Waals surface area contributed by atoms with E-state index in [0.717, 1.165) is 6.42 Å². The zero-order chi connectivity index (χ0) is 15.4. The van der Waals surface area contributed by atoms with Gasteiger partial charge in [0.2, 0.25) is 0 Å². The van der Waals surface area contributed by atoms with Crippen LogP contribution in [0.25, 0.3) is 0 Å². The fourth-order valence-electron chi connectivity index (χ4n) is 2.49. The number of hydrogen-bond acceptors (Lipinski definition) is 3. The van der Waals surface area contributed by atoms with Crippen LogP contribution in [0.4, 0.5) is 0 Å². The van der Waals surface area contributed by atoms with E-state index in [1.54, 1.807) is 36.1 Å². The van der Waals surface area contributed by atoms with Crippen LogP contribution in [0.2, 0.25) is 5.02 Å². The standard InChI is InChI=1S/C15H19ClN2O3/c1-11(15(20)21)17-7-4-8-18(10-9-17)14(19)12-5-2-3-6-13(12)16/h2-3,5-6,11H,4,7-10H2,1H3,(H,20,21)/t11-/m0/s1. The molecule has 0 unspecified atom stereocenters. The second-order valence-corrected chi connectivity index (χ2v) is 5.58. The lowest BCUT2D eigenvalue weighted by atomic mass is 10.2. The molecular formula is C15H19ClN2O3. The number of hydrogen-bond donors (Lipinski definition) is 1. The Balaban J connectivity index is 2.05. The van der Waals surface area contributed by atoms with Gasteiger partial charge in [-0.1, -0.05) is 23.7 Å². The van der Waals surface area contributed by atoms with E-state index in [-0.39, 0.29) is 5.91 Å². The largest absolute Gasteiger partial charge is 0.480 e. The minimum atomic E-state index is -0.833. The molecule has 0 radical (unpaired) electrons. The van der Waals surface area contributed by atoms with Crippen LogP contribution < -0.4 is 0 Å². The van der Waals surface area contributed by atoms with E-state index >= 15 is 0 Å². The van der Waals surface area contributed by atoms with Crippen molar-refractivity contribution in [2.45, 2.75) is 19.4 Å². The molecular weight excluding hydrogens is 292 g/mol. The highest BCUT2D eigenvalue weighted by Crippen LogP contribution is 2.18. The molecule has 1 aliphatic rings. The van der Waals surface area contributed by atoms with Gasteiger partial charge in [-0.15, -0.1) is 0 Å². The minimum Gasteiger partial charge on any atom is -0.480 e. The fraction of sp³-hybridized carbons (Fsp3) is 0.467. The molecule has 1 N–H and O–H groups in total. The second kappa shape index (κ2) is 6.91. The van der Waals surface area contributed by atoms with Crippen molar-refractivity contribution in [3.63, 3.8) is 0 Å². The topological polar surface area (TPSA) is 60.9 Å². The molecule has 1 amide bonds. The fourth-order valence-corrected chi connectivity index (χ4v) is 2.71. The van der Waals surface area contributed by atoms with Crippen molar-refractivity contribution in [2.75, 3.05) is 26.2 Å². The van der Waals surface area contributed by atoms with Gasteiger partial charge in [-0.3, -0.25) is 14.5 Å². The first kappa shape index (κ1) is 15.8. The van der Waals surface area contributed by atoms with Crippen molar-refractivity contribution < 1.29 is 14.7 Å². The number of carbonyl (C=O) groups is 2. The quantitative estimate of drug-likeness (QED) is 0.927. The van der Waals surface area contributed by atoms with Crippen LogP contribution in [0.5, 0.6) is 0 Å². The van der Waals surface area contributed by atoms with Crippen LogP contribution in [-0.2, 0) is 4.79 Å². The number of carboxylic acid groups (broad SMARTS) is 1. The molecule has 1 atom stereocenters. The Morgan fingerprint density at radius 2 is 1.90 bits per heavy atom. The number of carbonyl (C=O) groups excluding carboxylic acids is 1. The van der Waals surface area contributed by atoms with Crippen LogP contribution in [-0.4, -0.2) is 59.0 Å². The molecule has 0 bridgehead atoms. The number of nitrogens with zero attached hydrogens (tertiary/aromatic N) is 2. The molecule has 6 heteroatoms. The molecule has 1 heterocycles. The molecule has 0 spiro atoms. The Labute approximate surface area is 129 Å². The number of rotatable bonds is 3. The summed E-state index contributed by atoms with van der Waals surface area (Å²) in [6.45, 7) is 4.05. The van der Waals surface area contributed by atoms with E-state index in [1.165, 1.54) is 0 Å². The number of benzene rings is 1. The van der Waals surface area contributed by atoms with Crippen LogP contribution in [0.15, 0.2) is 24.3 Å². The number of carboxylic acids is 1. The molecule has 2 rings (SSSR count). The van der Waals surface area contributed by atoms with Crippen molar-refractivity contribution in [3.8, 4) is 0 Å². The van der Waals surface area contributed by atoms with E-state index in [0.29, 0.717) is 36.8 Å². The summed E-state index contributed by atoms with van der Waals surface area (Å²) in [6, 6.07) is 6.46. The molecule has 5 nitrogen and oxygen atoms in total. The maximum atomic E-state index is 12.5. The van der Waals surface area contributed by atoms with Crippen molar-refractivity contribution >= 4 is 23.5 Å². The maximum Gasteiger partial charge on any atom is 0.320 e. The molecule has 1 aliphatic heterocycles. The van der Waals surface area contributed by atoms with Gasteiger partial charge in [-0.05, 0) is 25.5 Å². The first-order valence-corrected chi connectivity index (χ1v) is 7.39. The van der Waals surface area contributed by atoms with Gasteiger partial charge in [0.25, 0.3) is 5.91 Å². The Hall–Kier alpha value is -1.59. The van der Waals surface area contributed by atoms with Crippen molar-refractivity contribution in [2.24, 2.45) is 0 Å². The van der Waals surface area contributed by atoms with Gasteiger partial charge in [0.05, 0.1) is 10.6 Å². The van der Waals surface area contributed by atoms with Gasteiger partial charge >= 0.3 is 5.97 Å². The summed E-state index contributed by atoms with van der Waals surface area (Å²) in [5.74, 6) is -0.925. The van der Waals surface area contributed by atoms with E-state index in [2.05, 4.69) is 0 Å². The van der Waals surface area contributed by atoms with Crippen molar-refractivity contribution in [1.82, 2.24) is 9.80 Å². The molecule has 0 aromatic heterocycles. The monoisotopic (exact) mass is 310 g/mol. The number of halogens is 1. The molecule has 0 saturated carbocycles. The van der Waals surface area contributed by atoms with Gasteiger partial charge in [-0.25, -0.2) is 0 Å². The summed E-state index contributed by atoms with van der Waals surface area (Å²) in [6.07, 6.45) is 0.758. The molecule has 1 fully saturated rings. The van der Waals surface area contributed by atoms with E-state index in [9.17, 15) is 9.59 Å². The van der Waals surface area contributed by atoms with Gasteiger partial charge in [0.1, 0.15) is 6.04 Å². The molecule has 1 aromatic carbocycles. The predicted octanol–water partition coefficient (Wildman–Crippen LogP) is 1.96. The lowest BCUT2D eigenvalue weighted by Crippen LogP contribution is -2.42. The summed E-state index contributed by atoms with van der Waals surface area (Å²) in [5, 5.41) is 9.52. The summed E-state index contributed by atoms with van der Waals surface area (Å²) >= 11 is 6.06. The maximum absolute atomic E-state index is 12.5. The highest BCUT2D eigenvalue weighted by atomic mass is 35.5. The predicted molar refractivity (Wildman–Crippen MR) is 80.6 cm³/mol. The van der Waals surface area contributed by atoms with Gasteiger partial charge < -0.3 is 10.0 Å². The lowest BCUT2D eigenvalue weighted by Gasteiger charge is -2.25. The first-order valence-electron chi connectivity index (χ1n) is 7.01.